The van der Waals surface area contributed by atoms with E-state index in [-0.39, 0.29) is 6.04 Å². The number of benzene rings is 1. The zero-order chi connectivity index (χ0) is 13.0. The summed E-state index contributed by atoms with van der Waals surface area (Å²) in [6, 6.07) is 6.09. The quantitative estimate of drug-likeness (QED) is 0.919. The van der Waals surface area contributed by atoms with Crippen LogP contribution in [0.5, 0.6) is 0 Å². The molecule has 94 valence electrons. The predicted octanol–water partition coefficient (Wildman–Crippen LogP) is 3.14. The Morgan fingerprint density at radius 3 is 2.78 bits per heavy atom. The van der Waals surface area contributed by atoms with Gasteiger partial charge in [-0.25, -0.2) is 0 Å². The zero-order valence-corrected chi connectivity index (χ0v) is 11.3. The Labute approximate surface area is 112 Å². The monoisotopic (exact) mass is 261 g/mol. The van der Waals surface area contributed by atoms with Crippen LogP contribution in [0.15, 0.2) is 36.8 Å². The first kappa shape index (κ1) is 13.0. The van der Waals surface area contributed by atoms with E-state index in [4.69, 9.17) is 11.6 Å². The maximum Gasteiger partial charge on any atom is 0.0801 e. The minimum Gasteiger partial charge on any atom is -0.305 e. The molecule has 1 N–H and O–H groups in total. The van der Waals surface area contributed by atoms with Crippen LogP contribution in [0.4, 0.5) is 0 Å². The highest BCUT2D eigenvalue weighted by Crippen LogP contribution is 2.24. The fraction of sp³-hybridized carbons (Fsp3) is 0.286. The van der Waals surface area contributed by atoms with Crippen molar-refractivity contribution in [3.05, 3.63) is 58.6 Å². The average molecular weight is 262 g/mol. The van der Waals surface area contributed by atoms with Gasteiger partial charge >= 0.3 is 0 Å². The van der Waals surface area contributed by atoms with Crippen LogP contribution in [0, 0.1) is 6.92 Å². The zero-order valence-electron chi connectivity index (χ0n) is 10.5. The van der Waals surface area contributed by atoms with Gasteiger partial charge in [0, 0.05) is 17.4 Å². The van der Waals surface area contributed by atoms with Crippen LogP contribution in [0.25, 0.3) is 0 Å². The van der Waals surface area contributed by atoms with Crippen LogP contribution >= 0.6 is 11.6 Å². The van der Waals surface area contributed by atoms with Gasteiger partial charge in [0.1, 0.15) is 0 Å². The Balaban J connectivity index is 2.38. The SMILES string of the molecule is CCNC(c1ccc(Cl)c(C)c1)c1cnccn1. The molecule has 2 rings (SSSR count). The van der Waals surface area contributed by atoms with E-state index in [2.05, 4.69) is 28.3 Å². The molecule has 0 saturated carbocycles. The number of aryl methyl sites for hydroxylation is 1. The summed E-state index contributed by atoms with van der Waals surface area (Å²) in [5.41, 5.74) is 3.14. The number of nitrogens with one attached hydrogen (secondary N) is 1. The lowest BCUT2D eigenvalue weighted by molar-refractivity contribution is 0.612. The highest BCUT2D eigenvalue weighted by Gasteiger charge is 2.14. The molecule has 1 aromatic carbocycles. The van der Waals surface area contributed by atoms with Crippen molar-refractivity contribution in [3.8, 4) is 0 Å². The molecule has 18 heavy (non-hydrogen) atoms. The number of nitrogens with zero attached hydrogens (tertiary/aromatic N) is 2. The number of aromatic nitrogens is 2. The van der Waals surface area contributed by atoms with Crippen LogP contribution < -0.4 is 5.32 Å². The second kappa shape index (κ2) is 5.94. The molecule has 1 unspecified atom stereocenters. The van der Waals surface area contributed by atoms with E-state index in [1.165, 1.54) is 0 Å². The van der Waals surface area contributed by atoms with Gasteiger partial charge in [-0.3, -0.25) is 9.97 Å². The summed E-state index contributed by atoms with van der Waals surface area (Å²) < 4.78 is 0. The lowest BCUT2D eigenvalue weighted by Crippen LogP contribution is -2.23. The van der Waals surface area contributed by atoms with Crippen molar-refractivity contribution in [3.63, 3.8) is 0 Å². The van der Waals surface area contributed by atoms with Crippen LogP contribution in [0.1, 0.15) is 29.8 Å². The van der Waals surface area contributed by atoms with Crippen LogP contribution in [-0.4, -0.2) is 16.5 Å². The average Bonchev–Trinajstić information content (AvgIpc) is 2.40. The molecular weight excluding hydrogens is 246 g/mol. The van der Waals surface area contributed by atoms with Crippen LogP contribution in [0.3, 0.4) is 0 Å². The van der Waals surface area contributed by atoms with Gasteiger partial charge in [0.15, 0.2) is 0 Å². The molecule has 3 nitrogen and oxygen atoms in total. The normalized spacial score (nSPS) is 12.4. The molecule has 2 aromatic rings. The van der Waals surface area contributed by atoms with Crippen LogP contribution in [0.2, 0.25) is 5.02 Å². The maximum atomic E-state index is 6.06. The third-order valence-corrected chi connectivity index (χ3v) is 3.23. The first-order chi connectivity index (χ1) is 8.72. The topological polar surface area (TPSA) is 37.8 Å². The highest BCUT2D eigenvalue weighted by molar-refractivity contribution is 6.31. The molecule has 0 spiro atoms. The van der Waals surface area contributed by atoms with Crippen molar-refractivity contribution in [2.24, 2.45) is 0 Å². The van der Waals surface area contributed by atoms with E-state index < -0.39 is 0 Å². The summed E-state index contributed by atoms with van der Waals surface area (Å²) in [5, 5.41) is 4.20. The Hall–Kier alpha value is -1.45. The van der Waals surface area contributed by atoms with Gasteiger partial charge in [0.05, 0.1) is 17.9 Å². The third-order valence-electron chi connectivity index (χ3n) is 2.80. The molecule has 1 atom stereocenters. The second-order valence-electron chi connectivity index (χ2n) is 4.13. The Bertz CT molecular complexity index is 514. The number of rotatable bonds is 4. The van der Waals surface area contributed by atoms with Gasteiger partial charge < -0.3 is 5.32 Å². The lowest BCUT2D eigenvalue weighted by atomic mass is 10.0. The molecule has 0 fully saturated rings. The second-order valence-corrected chi connectivity index (χ2v) is 4.54. The molecule has 0 aliphatic heterocycles. The van der Waals surface area contributed by atoms with Crippen molar-refractivity contribution in [1.82, 2.24) is 15.3 Å². The molecule has 0 saturated heterocycles. The minimum absolute atomic E-state index is 0.0552. The Morgan fingerprint density at radius 1 is 1.33 bits per heavy atom. The summed E-state index contributed by atoms with van der Waals surface area (Å²) in [5.74, 6) is 0. The van der Waals surface area contributed by atoms with E-state index in [0.717, 1.165) is 28.4 Å². The number of hydrogen-bond acceptors (Lipinski definition) is 3. The fourth-order valence-corrected chi connectivity index (χ4v) is 2.02. The van der Waals surface area contributed by atoms with E-state index in [0.29, 0.717) is 0 Å². The molecule has 0 aliphatic carbocycles. The van der Waals surface area contributed by atoms with E-state index in [1.807, 2.05) is 19.1 Å². The molecule has 0 aliphatic rings. The number of hydrogen-bond donors (Lipinski definition) is 1. The van der Waals surface area contributed by atoms with Gasteiger partial charge in [-0.05, 0) is 30.7 Å². The molecule has 0 bridgehead atoms. The molecule has 1 heterocycles. The summed E-state index contributed by atoms with van der Waals surface area (Å²) in [6.07, 6.45) is 5.18. The van der Waals surface area contributed by atoms with Crippen molar-refractivity contribution >= 4 is 11.6 Å². The standard InChI is InChI=1S/C14H16ClN3/c1-3-17-14(13-9-16-6-7-18-13)11-4-5-12(15)10(2)8-11/h4-9,14,17H,3H2,1-2H3. The molecule has 0 radical (unpaired) electrons. The fourth-order valence-electron chi connectivity index (χ4n) is 1.90. The van der Waals surface area contributed by atoms with E-state index in [1.54, 1.807) is 18.6 Å². The highest BCUT2D eigenvalue weighted by atomic mass is 35.5. The minimum atomic E-state index is 0.0552. The molecule has 0 amide bonds. The largest absolute Gasteiger partial charge is 0.305 e. The van der Waals surface area contributed by atoms with E-state index >= 15 is 0 Å². The van der Waals surface area contributed by atoms with Gasteiger partial charge in [-0.1, -0.05) is 30.7 Å². The molecule has 4 heteroatoms. The summed E-state index contributed by atoms with van der Waals surface area (Å²) in [7, 11) is 0. The first-order valence-electron chi connectivity index (χ1n) is 5.97. The summed E-state index contributed by atoms with van der Waals surface area (Å²) in [6.45, 7) is 4.95. The Kier molecular flexibility index (Phi) is 4.28. The first-order valence-corrected chi connectivity index (χ1v) is 6.35. The van der Waals surface area contributed by atoms with Crippen molar-refractivity contribution in [2.45, 2.75) is 19.9 Å². The smallest absolute Gasteiger partial charge is 0.0801 e. The van der Waals surface area contributed by atoms with Crippen molar-refractivity contribution in [2.75, 3.05) is 6.54 Å². The number of halogens is 1. The predicted molar refractivity (Wildman–Crippen MR) is 73.7 cm³/mol. The van der Waals surface area contributed by atoms with Gasteiger partial charge in [-0.2, -0.15) is 0 Å². The van der Waals surface area contributed by atoms with E-state index in [9.17, 15) is 0 Å². The lowest BCUT2D eigenvalue weighted by Gasteiger charge is -2.18. The van der Waals surface area contributed by atoms with Gasteiger partial charge in [0.25, 0.3) is 0 Å². The maximum absolute atomic E-state index is 6.06. The molecule has 1 aromatic heterocycles. The summed E-state index contributed by atoms with van der Waals surface area (Å²) >= 11 is 6.06. The Morgan fingerprint density at radius 2 is 2.17 bits per heavy atom. The molecular formula is C14H16ClN3. The van der Waals surface area contributed by atoms with Gasteiger partial charge in [-0.15, -0.1) is 0 Å². The summed E-state index contributed by atoms with van der Waals surface area (Å²) in [4.78, 5) is 8.49. The van der Waals surface area contributed by atoms with Crippen molar-refractivity contribution in [1.29, 1.82) is 0 Å². The van der Waals surface area contributed by atoms with Crippen molar-refractivity contribution < 1.29 is 0 Å². The van der Waals surface area contributed by atoms with Gasteiger partial charge in [0.2, 0.25) is 0 Å². The third kappa shape index (κ3) is 2.86. The van der Waals surface area contributed by atoms with Crippen LogP contribution in [-0.2, 0) is 0 Å².